The largest absolute Gasteiger partial charge is 0.332 e. The van der Waals surface area contributed by atoms with Crippen LogP contribution in [-0.4, -0.2) is 20.1 Å². The minimum atomic E-state index is -0.250. The third-order valence-electron chi connectivity index (χ3n) is 1.99. The molecule has 0 amide bonds. The quantitative estimate of drug-likeness (QED) is 0.778. The summed E-state index contributed by atoms with van der Waals surface area (Å²) in [6.07, 6.45) is 1.30. The molecule has 0 saturated heterocycles. The van der Waals surface area contributed by atoms with Crippen LogP contribution in [0, 0.1) is 0 Å². The third kappa shape index (κ3) is 2.00. The summed E-state index contributed by atoms with van der Waals surface area (Å²) in [6.45, 7) is 5.94. The molecule has 0 fully saturated rings. The molecule has 0 aromatic carbocycles. The minimum Gasteiger partial charge on any atom is -0.332 e. The van der Waals surface area contributed by atoms with Crippen molar-refractivity contribution in [3.63, 3.8) is 0 Å². The van der Waals surface area contributed by atoms with E-state index >= 15 is 0 Å². The standard InChI is InChI=1S/C10H12N4O2/c1-10(2,3)9-13-8(16-14-9)6-4-7(15)12-5-11-6/h4-5H,1-3H3,(H,11,12,15). The zero-order chi connectivity index (χ0) is 11.8. The van der Waals surface area contributed by atoms with Gasteiger partial charge in [0, 0.05) is 11.5 Å². The summed E-state index contributed by atoms with van der Waals surface area (Å²) in [5.74, 6) is 0.848. The predicted molar refractivity (Wildman–Crippen MR) is 56.8 cm³/mol. The van der Waals surface area contributed by atoms with Crippen molar-refractivity contribution in [3.8, 4) is 11.6 Å². The van der Waals surface area contributed by atoms with Crippen molar-refractivity contribution in [2.45, 2.75) is 26.2 Å². The lowest BCUT2D eigenvalue weighted by atomic mass is 9.96. The summed E-state index contributed by atoms with van der Waals surface area (Å²) in [4.78, 5) is 21.7. The number of rotatable bonds is 1. The molecule has 6 heteroatoms. The number of H-pyrrole nitrogens is 1. The van der Waals surface area contributed by atoms with E-state index in [1.807, 2.05) is 20.8 Å². The molecule has 2 aromatic rings. The van der Waals surface area contributed by atoms with Crippen LogP contribution >= 0.6 is 0 Å². The SMILES string of the molecule is CC(C)(C)c1noc(-c2cc(=O)[nH]cn2)n1. The molecule has 0 bridgehead atoms. The summed E-state index contributed by atoms with van der Waals surface area (Å²) in [6, 6.07) is 1.32. The van der Waals surface area contributed by atoms with Gasteiger partial charge in [-0.3, -0.25) is 4.79 Å². The van der Waals surface area contributed by atoms with Crippen LogP contribution in [0.1, 0.15) is 26.6 Å². The Labute approximate surface area is 91.7 Å². The number of hydrogen-bond acceptors (Lipinski definition) is 5. The Bertz CT molecular complexity index is 550. The molecule has 0 aliphatic rings. The molecule has 0 spiro atoms. The fraction of sp³-hybridized carbons (Fsp3) is 0.400. The molecule has 0 aliphatic carbocycles. The molecule has 0 unspecified atom stereocenters. The Morgan fingerprint density at radius 3 is 2.69 bits per heavy atom. The van der Waals surface area contributed by atoms with E-state index in [0.29, 0.717) is 11.5 Å². The van der Waals surface area contributed by atoms with Gasteiger partial charge in [-0.25, -0.2) is 4.98 Å². The zero-order valence-corrected chi connectivity index (χ0v) is 9.31. The highest BCUT2D eigenvalue weighted by molar-refractivity contribution is 5.44. The summed E-state index contributed by atoms with van der Waals surface area (Å²) < 4.78 is 5.06. The van der Waals surface area contributed by atoms with Gasteiger partial charge in [0.05, 0.1) is 6.33 Å². The average Bonchev–Trinajstić information content (AvgIpc) is 2.65. The van der Waals surface area contributed by atoms with Gasteiger partial charge in [-0.2, -0.15) is 4.98 Å². The highest BCUT2D eigenvalue weighted by Crippen LogP contribution is 2.21. The molecule has 16 heavy (non-hydrogen) atoms. The summed E-state index contributed by atoms with van der Waals surface area (Å²) in [7, 11) is 0. The van der Waals surface area contributed by atoms with Gasteiger partial charge in [-0.1, -0.05) is 25.9 Å². The van der Waals surface area contributed by atoms with E-state index in [0.717, 1.165) is 0 Å². The lowest BCUT2D eigenvalue weighted by molar-refractivity contribution is 0.401. The molecule has 2 heterocycles. The second kappa shape index (κ2) is 3.55. The molecular weight excluding hydrogens is 208 g/mol. The summed E-state index contributed by atoms with van der Waals surface area (Å²) in [5, 5.41) is 3.86. The molecule has 6 nitrogen and oxygen atoms in total. The van der Waals surface area contributed by atoms with E-state index in [4.69, 9.17) is 4.52 Å². The number of aromatic nitrogens is 4. The molecule has 0 saturated carbocycles. The average molecular weight is 220 g/mol. The molecule has 0 aliphatic heterocycles. The van der Waals surface area contributed by atoms with Crippen LogP contribution in [0.15, 0.2) is 21.7 Å². The van der Waals surface area contributed by atoms with Crippen molar-refractivity contribution in [1.29, 1.82) is 0 Å². The van der Waals surface area contributed by atoms with E-state index in [9.17, 15) is 4.79 Å². The van der Waals surface area contributed by atoms with Crippen LogP contribution in [0.2, 0.25) is 0 Å². The predicted octanol–water partition coefficient (Wildman–Crippen LogP) is 1.12. The highest BCUT2D eigenvalue weighted by atomic mass is 16.5. The van der Waals surface area contributed by atoms with Crippen molar-refractivity contribution < 1.29 is 4.52 Å². The Kier molecular flexibility index (Phi) is 2.34. The van der Waals surface area contributed by atoms with Crippen LogP contribution in [0.4, 0.5) is 0 Å². The van der Waals surface area contributed by atoms with Gasteiger partial charge in [0.25, 0.3) is 11.4 Å². The van der Waals surface area contributed by atoms with E-state index in [-0.39, 0.29) is 16.9 Å². The van der Waals surface area contributed by atoms with Gasteiger partial charge >= 0.3 is 0 Å². The van der Waals surface area contributed by atoms with Crippen LogP contribution in [0.3, 0.4) is 0 Å². The maximum absolute atomic E-state index is 11.1. The normalized spacial score (nSPS) is 11.7. The van der Waals surface area contributed by atoms with Crippen molar-refractivity contribution in [2.24, 2.45) is 0 Å². The fourth-order valence-corrected chi connectivity index (χ4v) is 1.12. The molecular formula is C10H12N4O2. The van der Waals surface area contributed by atoms with Gasteiger partial charge in [0.2, 0.25) is 0 Å². The monoisotopic (exact) mass is 220 g/mol. The van der Waals surface area contributed by atoms with Crippen LogP contribution in [-0.2, 0) is 5.41 Å². The fourth-order valence-electron chi connectivity index (χ4n) is 1.12. The van der Waals surface area contributed by atoms with Crippen LogP contribution in [0.5, 0.6) is 0 Å². The highest BCUT2D eigenvalue weighted by Gasteiger charge is 2.21. The van der Waals surface area contributed by atoms with Crippen molar-refractivity contribution in [2.75, 3.05) is 0 Å². The topological polar surface area (TPSA) is 84.7 Å². The zero-order valence-electron chi connectivity index (χ0n) is 9.31. The lowest BCUT2D eigenvalue weighted by Gasteiger charge is -2.10. The maximum Gasteiger partial charge on any atom is 0.276 e. The van der Waals surface area contributed by atoms with Crippen molar-refractivity contribution in [3.05, 3.63) is 28.6 Å². The molecule has 0 atom stereocenters. The van der Waals surface area contributed by atoms with E-state index in [1.54, 1.807) is 0 Å². The summed E-state index contributed by atoms with van der Waals surface area (Å²) in [5.41, 5.74) is -0.0598. The Hall–Kier alpha value is -1.98. The minimum absolute atomic E-state index is 0.192. The number of hydrogen-bond donors (Lipinski definition) is 1. The van der Waals surface area contributed by atoms with Crippen LogP contribution in [0.25, 0.3) is 11.6 Å². The van der Waals surface area contributed by atoms with Gasteiger partial charge in [-0.15, -0.1) is 0 Å². The van der Waals surface area contributed by atoms with Gasteiger partial charge in [0.1, 0.15) is 5.69 Å². The van der Waals surface area contributed by atoms with Crippen molar-refractivity contribution >= 4 is 0 Å². The Morgan fingerprint density at radius 1 is 1.38 bits per heavy atom. The Morgan fingerprint density at radius 2 is 2.12 bits per heavy atom. The first kappa shape index (κ1) is 10.5. The van der Waals surface area contributed by atoms with Crippen LogP contribution < -0.4 is 5.56 Å². The molecule has 1 N–H and O–H groups in total. The first-order valence-electron chi connectivity index (χ1n) is 4.86. The van der Waals surface area contributed by atoms with Gasteiger partial charge < -0.3 is 9.51 Å². The first-order valence-corrected chi connectivity index (χ1v) is 4.86. The Balaban J connectivity index is 2.43. The van der Waals surface area contributed by atoms with Gasteiger partial charge in [0.15, 0.2) is 5.82 Å². The summed E-state index contributed by atoms with van der Waals surface area (Å²) >= 11 is 0. The molecule has 2 rings (SSSR count). The second-order valence-corrected chi connectivity index (χ2v) is 4.47. The molecule has 2 aromatic heterocycles. The number of nitrogens with zero attached hydrogens (tertiary/aromatic N) is 3. The maximum atomic E-state index is 11.1. The second-order valence-electron chi connectivity index (χ2n) is 4.47. The number of nitrogens with one attached hydrogen (secondary N) is 1. The lowest BCUT2D eigenvalue weighted by Crippen LogP contribution is -2.13. The van der Waals surface area contributed by atoms with Crippen molar-refractivity contribution in [1.82, 2.24) is 20.1 Å². The van der Waals surface area contributed by atoms with Gasteiger partial charge in [-0.05, 0) is 0 Å². The molecule has 84 valence electrons. The third-order valence-corrected chi connectivity index (χ3v) is 1.99. The molecule has 0 radical (unpaired) electrons. The first-order chi connectivity index (χ1) is 7.47. The van der Waals surface area contributed by atoms with E-state index in [2.05, 4.69) is 20.1 Å². The van der Waals surface area contributed by atoms with E-state index < -0.39 is 0 Å². The van der Waals surface area contributed by atoms with E-state index in [1.165, 1.54) is 12.4 Å². The number of aromatic amines is 1. The smallest absolute Gasteiger partial charge is 0.276 e.